The van der Waals surface area contributed by atoms with Gasteiger partial charge in [0, 0.05) is 30.2 Å². The van der Waals surface area contributed by atoms with Crippen LogP contribution in [0.2, 0.25) is 0 Å². The molecule has 1 heterocycles. The number of amides is 1. The Morgan fingerprint density at radius 1 is 1.23 bits per heavy atom. The highest BCUT2D eigenvalue weighted by molar-refractivity contribution is 6.19. The molecule has 1 amide bonds. The van der Waals surface area contributed by atoms with E-state index in [9.17, 15) is 9.59 Å². The fourth-order valence-corrected chi connectivity index (χ4v) is 2.75. The first-order valence-corrected chi connectivity index (χ1v) is 8.28. The van der Waals surface area contributed by atoms with Crippen molar-refractivity contribution in [3.8, 4) is 11.8 Å². The fourth-order valence-electron chi connectivity index (χ4n) is 2.75. The predicted octanol–water partition coefficient (Wildman–Crippen LogP) is 2.72. The van der Waals surface area contributed by atoms with Crippen LogP contribution in [0.3, 0.4) is 0 Å². The van der Waals surface area contributed by atoms with Crippen LogP contribution in [0.5, 0.6) is 0 Å². The quantitative estimate of drug-likeness (QED) is 0.869. The van der Waals surface area contributed by atoms with E-state index in [0.29, 0.717) is 6.42 Å². The number of carboxylic acids is 1. The third-order valence-corrected chi connectivity index (χ3v) is 4.10. The van der Waals surface area contributed by atoms with Crippen LogP contribution in [-0.4, -0.2) is 36.3 Å². The highest BCUT2D eigenvalue weighted by Gasteiger charge is 2.22. The minimum atomic E-state index is -0.861. The number of hydrogen-bond acceptors (Lipinski definition) is 3. The van der Waals surface area contributed by atoms with Crippen molar-refractivity contribution in [1.82, 2.24) is 0 Å². The summed E-state index contributed by atoms with van der Waals surface area (Å²) in [5, 5.41) is 8.69. The molecule has 2 aromatic rings. The standard InChI is InChI=1S/C21H18N2O3/c1-23-18-12-11-15(7-5-6-10-20(25)26)13-17(18)21(22-14-19(23)24)16-8-3-2-4-9-16/h2-4,8-9,11-13H,6,10,14H2,1H3,(H,25,26). The normalized spacial score (nSPS) is 13.2. The second-order valence-electron chi connectivity index (χ2n) is 5.91. The number of benzene rings is 2. The van der Waals surface area contributed by atoms with Crippen molar-refractivity contribution in [2.75, 3.05) is 18.5 Å². The molecule has 2 aromatic carbocycles. The lowest BCUT2D eigenvalue weighted by Gasteiger charge is -2.18. The Morgan fingerprint density at radius 3 is 2.73 bits per heavy atom. The van der Waals surface area contributed by atoms with Crippen LogP contribution in [0.4, 0.5) is 5.69 Å². The number of rotatable bonds is 3. The summed E-state index contributed by atoms with van der Waals surface area (Å²) < 4.78 is 0. The lowest BCUT2D eigenvalue weighted by atomic mass is 9.98. The van der Waals surface area contributed by atoms with E-state index in [0.717, 1.165) is 28.1 Å². The maximum Gasteiger partial charge on any atom is 0.304 e. The number of fused-ring (bicyclic) bond motifs is 1. The minimum Gasteiger partial charge on any atom is -0.481 e. The Labute approximate surface area is 152 Å². The van der Waals surface area contributed by atoms with E-state index in [1.54, 1.807) is 11.9 Å². The number of hydrogen-bond donors (Lipinski definition) is 1. The average molecular weight is 346 g/mol. The van der Waals surface area contributed by atoms with Crippen LogP contribution in [0.25, 0.3) is 0 Å². The van der Waals surface area contributed by atoms with Gasteiger partial charge in [0.25, 0.3) is 0 Å². The van der Waals surface area contributed by atoms with Gasteiger partial charge >= 0.3 is 5.97 Å². The van der Waals surface area contributed by atoms with Crippen LogP contribution in [-0.2, 0) is 9.59 Å². The van der Waals surface area contributed by atoms with Gasteiger partial charge in [-0.25, -0.2) is 0 Å². The summed E-state index contributed by atoms with van der Waals surface area (Å²) in [4.78, 5) is 29.0. The molecule has 0 aromatic heterocycles. The molecular weight excluding hydrogens is 328 g/mol. The summed E-state index contributed by atoms with van der Waals surface area (Å²) >= 11 is 0. The molecule has 130 valence electrons. The zero-order valence-electron chi connectivity index (χ0n) is 14.4. The summed E-state index contributed by atoms with van der Waals surface area (Å²) in [6.07, 6.45) is 0.316. The molecule has 1 N–H and O–H groups in total. The van der Waals surface area contributed by atoms with Crippen LogP contribution < -0.4 is 4.90 Å². The molecule has 0 bridgehead atoms. The van der Waals surface area contributed by atoms with Crippen molar-refractivity contribution >= 4 is 23.3 Å². The number of benzodiazepines with no additional fused rings is 1. The second kappa shape index (κ2) is 7.66. The maximum absolute atomic E-state index is 12.2. The zero-order valence-corrected chi connectivity index (χ0v) is 14.4. The van der Waals surface area contributed by atoms with Gasteiger partial charge in [0.15, 0.2) is 0 Å². The number of anilines is 1. The SMILES string of the molecule is CN1C(=O)CN=C(c2ccccc2)c2cc(C#CCCC(=O)O)ccc21. The van der Waals surface area contributed by atoms with Crippen LogP contribution in [0, 0.1) is 11.8 Å². The molecule has 1 aliphatic rings. The van der Waals surface area contributed by atoms with E-state index in [4.69, 9.17) is 5.11 Å². The molecule has 0 unspecified atom stereocenters. The Morgan fingerprint density at radius 2 is 2.00 bits per heavy atom. The van der Waals surface area contributed by atoms with E-state index in [-0.39, 0.29) is 18.9 Å². The highest BCUT2D eigenvalue weighted by atomic mass is 16.4. The van der Waals surface area contributed by atoms with Gasteiger partial charge in [-0.15, -0.1) is 0 Å². The van der Waals surface area contributed by atoms with E-state index in [2.05, 4.69) is 16.8 Å². The summed E-state index contributed by atoms with van der Waals surface area (Å²) in [5.41, 5.74) is 4.08. The first-order valence-electron chi connectivity index (χ1n) is 8.28. The van der Waals surface area contributed by atoms with Gasteiger partial charge in [0.1, 0.15) is 6.54 Å². The first-order chi connectivity index (χ1) is 12.6. The smallest absolute Gasteiger partial charge is 0.304 e. The minimum absolute atomic E-state index is 0.0197. The second-order valence-corrected chi connectivity index (χ2v) is 5.91. The topological polar surface area (TPSA) is 70.0 Å². The van der Waals surface area contributed by atoms with Gasteiger partial charge in [-0.05, 0) is 18.2 Å². The number of nitrogens with zero attached hydrogens (tertiary/aromatic N) is 2. The van der Waals surface area contributed by atoms with Crippen LogP contribution in [0.1, 0.15) is 29.5 Å². The van der Waals surface area contributed by atoms with Crippen molar-refractivity contribution in [3.63, 3.8) is 0 Å². The molecule has 5 heteroatoms. The van der Waals surface area contributed by atoms with Gasteiger partial charge in [0.2, 0.25) is 5.91 Å². The number of carbonyl (C=O) groups excluding carboxylic acids is 1. The van der Waals surface area contributed by atoms with E-state index < -0.39 is 5.97 Å². The third-order valence-electron chi connectivity index (χ3n) is 4.10. The van der Waals surface area contributed by atoms with Crippen LogP contribution in [0.15, 0.2) is 53.5 Å². The summed E-state index contributed by atoms with van der Waals surface area (Å²) in [6, 6.07) is 15.3. The Balaban J connectivity index is 2.03. The lowest BCUT2D eigenvalue weighted by molar-refractivity contribution is -0.136. The molecule has 0 saturated carbocycles. The van der Waals surface area contributed by atoms with Gasteiger partial charge in [-0.3, -0.25) is 14.6 Å². The molecule has 5 nitrogen and oxygen atoms in total. The van der Waals surface area contributed by atoms with Gasteiger partial charge < -0.3 is 10.0 Å². The van der Waals surface area contributed by atoms with E-state index in [1.165, 1.54) is 0 Å². The number of aliphatic imine (C=N–C) groups is 1. The van der Waals surface area contributed by atoms with E-state index >= 15 is 0 Å². The Kier molecular flexibility index (Phi) is 5.14. The van der Waals surface area contributed by atoms with Crippen molar-refractivity contribution in [1.29, 1.82) is 0 Å². The molecule has 3 rings (SSSR count). The average Bonchev–Trinajstić information content (AvgIpc) is 2.77. The third kappa shape index (κ3) is 3.81. The van der Waals surface area contributed by atoms with E-state index in [1.807, 2.05) is 48.5 Å². The van der Waals surface area contributed by atoms with Crippen molar-refractivity contribution < 1.29 is 14.7 Å². The molecular formula is C21H18N2O3. The molecule has 0 spiro atoms. The number of carbonyl (C=O) groups is 2. The Hall–Kier alpha value is -3.39. The molecule has 1 aliphatic heterocycles. The molecule has 0 radical (unpaired) electrons. The van der Waals surface area contributed by atoms with Gasteiger partial charge in [-0.1, -0.05) is 42.2 Å². The number of aliphatic carboxylic acids is 1. The van der Waals surface area contributed by atoms with Gasteiger partial charge in [0.05, 0.1) is 17.8 Å². The molecule has 0 atom stereocenters. The highest BCUT2D eigenvalue weighted by Crippen LogP contribution is 2.27. The monoisotopic (exact) mass is 346 g/mol. The zero-order chi connectivity index (χ0) is 18.5. The largest absolute Gasteiger partial charge is 0.481 e. The van der Waals surface area contributed by atoms with Crippen molar-refractivity contribution in [2.24, 2.45) is 4.99 Å². The number of carboxylic acid groups (broad SMARTS) is 1. The van der Waals surface area contributed by atoms with Crippen LogP contribution >= 0.6 is 0 Å². The summed E-state index contributed by atoms with van der Waals surface area (Å²) in [7, 11) is 1.74. The molecule has 0 saturated heterocycles. The summed E-state index contributed by atoms with van der Waals surface area (Å²) in [6.45, 7) is 0.0923. The lowest BCUT2D eigenvalue weighted by Crippen LogP contribution is -2.27. The van der Waals surface area contributed by atoms with Gasteiger partial charge in [-0.2, -0.15) is 0 Å². The fraction of sp³-hybridized carbons (Fsp3) is 0.190. The van der Waals surface area contributed by atoms with Crippen molar-refractivity contribution in [2.45, 2.75) is 12.8 Å². The first kappa shape index (κ1) is 17.4. The Bertz CT molecular complexity index is 937. The van der Waals surface area contributed by atoms with Crippen molar-refractivity contribution in [3.05, 3.63) is 65.2 Å². The molecule has 0 fully saturated rings. The number of likely N-dealkylation sites (N-methyl/N-ethyl adjacent to an activating group) is 1. The predicted molar refractivity (Wildman–Crippen MR) is 101 cm³/mol. The maximum atomic E-state index is 12.2. The summed E-state index contributed by atoms with van der Waals surface area (Å²) in [5.74, 6) is 4.94. The molecule has 0 aliphatic carbocycles. The molecule has 26 heavy (non-hydrogen) atoms.